The lowest BCUT2D eigenvalue weighted by molar-refractivity contribution is -0.167. The van der Waals surface area contributed by atoms with E-state index < -0.39 is 6.10 Å². The maximum Gasteiger partial charge on any atom is 0.306 e. The Kier molecular flexibility index (Phi) is 60.8. The van der Waals surface area contributed by atoms with Gasteiger partial charge in [-0.15, -0.1) is 0 Å². The molecule has 0 rings (SSSR count). The lowest BCUT2D eigenvalue weighted by Crippen LogP contribution is -2.30. The van der Waals surface area contributed by atoms with Crippen LogP contribution in [0.2, 0.25) is 0 Å². The minimum absolute atomic E-state index is 0.0800. The van der Waals surface area contributed by atoms with Gasteiger partial charge in [0.1, 0.15) is 13.2 Å². The third kappa shape index (κ3) is 61.2. The molecule has 0 radical (unpaired) electrons. The Morgan fingerprint density at radius 1 is 0.276 bits per heavy atom. The molecule has 1 atom stereocenters. The summed E-state index contributed by atoms with van der Waals surface area (Å²) >= 11 is 0. The summed E-state index contributed by atoms with van der Waals surface area (Å²) in [6.45, 7) is 6.50. The molecule has 436 valence electrons. The number of unbranched alkanes of at least 4 members (excludes halogenated alkanes) is 31. The van der Waals surface area contributed by atoms with Gasteiger partial charge in [0.15, 0.2) is 6.10 Å². The Hall–Kier alpha value is -3.67. The largest absolute Gasteiger partial charge is 0.462 e. The van der Waals surface area contributed by atoms with Crippen LogP contribution < -0.4 is 0 Å². The zero-order chi connectivity index (χ0) is 55.0. The van der Waals surface area contributed by atoms with Gasteiger partial charge >= 0.3 is 17.9 Å². The van der Waals surface area contributed by atoms with E-state index in [9.17, 15) is 14.4 Å². The third-order valence-corrected chi connectivity index (χ3v) is 13.8. The predicted molar refractivity (Wildman–Crippen MR) is 330 cm³/mol. The van der Waals surface area contributed by atoms with E-state index in [2.05, 4.69) is 118 Å². The molecule has 1 unspecified atom stereocenters. The average molecular weight is 1060 g/mol. The molecule has 0 aliphatic heterocycles. The summed E-state index contributed by atoms with van der Waals surface area (Å²) < 4.78 is 16.9. The average Bonchev–Trinajstić information content (AvgIpc) is 3.42. The minimum atomic E-state index is -0.783. The summed E-state index contributed by atoms with van der Waals surface area (Å²) in [5, 5.41) is 0. The summed E-state index contributed by atoms with van der Waals surface area (Å²) in [6.07, 6.45) is 85.6. The van der Waals surface area contributed by atoms with Gasteiger partial charge in [-0.3, -0.25) is 14.4 Å². The van der Waals surface area contributed by atoms with Gasteiger partial charge < -0.3 is 14.2 Å². The molecule has 6 heteroatoms. The van der Waals surface area contributed by atoms with Gasteiger partial charge in [0.2, 0.25) is 0 Å². The lowest BCUT2D eigenvalue weighted by atomic mass is 10.0. The fourth-order valence-electron chi connectivity index (χ4n) is 9.01. The molecule has 0 fully saturated rings. The van der Waals surface area contributed by atoms with Crippen molar-refractivity contribution in [3.8, 4) is 0 Å². The first-order chi connectivity index (χ1) is 37.5. The van der Waals surface area contributed by atoms with E-state index in [1.807, 2.05) is 0 Å². The molecule has 0 bridgehead atoms. The molecule has 0 N–H and O–H groups in total. The van der Waals surface area contributed by atoms with E-state index in [1.165, 1.54) is 154 Å². The second kappa shape index (κ2) is 63.9. The highest BCUT2D eigenvalue weighted by Gasteiger charge is 2.19. The van der Waals surface area contributed by atoms with Crippen LogP contribution in [0.3, 0.4) is 0 Å². The van der Waals surface area contributed by atoms with Crippen LogP contribution in [0.5, 0.6) is 0 Å². The van der Waals surface area contributed by atoms with Crippen molar-refractivity contribution in [1.82, 2.24) is 0 Å². The molecule has 76 heavy (non-hydrogen) atoms. The summed E-state index contributed by atoms with van der Waals surface area (Å²) in [5.41, 5.74) is 0. The Morgan fingerprint density at radius 3 is 0.829 bits per heavy atom. The number of hydrogen-bond acceptors (Lipinski definition) is 6. The van der Waals surface area contributed by atoms with Gasteiger partial charge in [0.05, 0.1) is 0 Å². The van der Waals surface area contributed by atoms with E-state index in [-0.39, 0.29) is 31.1 Å². The molecule has 6 nitrogen and oxygen atoms in total. The van der Waals surface area contributed by atoms with Gasteiger partial charge in [-0.1, -0.05) is 285 Å². The molecule has 0 aliphatic rings. The molecular weight excluding hydrogens is 937 g/mol. The first kappa shape index (κ1) is 72.3. The van der Waals surface area contributed by atoms with Gasteiger partial charge in [-0.2, -0.15) is 0 Å². The zero-order valence-electron chi connectivity index (χ0n) is 50.0. The highest BCUT2D eigenvalue weighted by Crippen LogP contribution is 2.16. The van der Waals surface area contributed by atoms with Crippen LogP contribution in [-0.2, 0) is 28.6 Å². The first-order valence-electron chi connectivity index (χ1n) is 32.2. The number of ether oxygens (including phenoxy) is 3. The highest BCUT2D eigenvalue weighted by atomic mass is 16.6. The van der Waals surface area contributed by atoms with Crippen molar-refractivity contribution in [2.75, 3.05) is 13.2 Å². The molecule has 0 spiro atoms. The molecule has 0 amide bonds. The molecule has 0 aromatic rings. The molecule has 0 aliphatic carbocycles. The molecule has 0 heterocycles. The Labute approximate surface area is 470 Å². The Balaban J connectivity index is 4.22. The number of carbonyl (C=O) groups is 3. The highest BCUT2D eigenvalue weighted by molar-refractivity contribution is 5.71. The van der Waals surface area contributed by atoms with E-state index in [0.29, 0.717) is 19.3 Å². The van der Waals surface area contributed by atoms with Crippen molar-refractivity contribution in [2.24, 2.45) is 0 Å². The van der Waals surface area contributed by atoms with Gasteiger partial charge in [0, 0.05) is 19.3 Å². The van der Waals surface area contributed by atoms with Crippen molar-refractivity contribution in [3.63, 3.8) is 0 Å². The topological polar surface area (TPSA) is 78.9 Å². The number of allylic oxidation sites excluding steroid dienone is 16. The van der Waals surface area contributed by atoms with E-state index in [1.54, 1.807) is 0 Å². The fraction of sp³-hybridized carbons (Fsp3) is 0.729. The predicted octanol–water partition coefficient (Wildman–Crippen LogP) is 22.0. The molecular formula is C70H120O6. The number of esters is 3. The quantitative estimate of drug-likeness (QED) is 0.0261. The van der Waals surface area contributed by atoms with Crippen LogP contribution in [0.25, 0.3) is 0 Å². The number of hydrogen-bond donors (Lipinski definition) is 0. The summed E-state index contributed by atoms with van der Waals surface area (Å²) in [4.78, 5) is 38.2. The van der Waals surface area contributed by atoms with Crippen LogP contribution >= 0.6 is 0 Å². The van der Waals surface area contributed by atoms with Crippen molar-refractivity contribution in [2.45, 2.75) is 316 Å². The Morgan fingerprint density at radius 2 is 0.513 bits per heavy atom. The first-order valence-corrected chi connectivity index (χ1v) is 32.2. The fourth-order valence-corrected chi connectivity index (χ4v) is 9.01. The van der Waals surface area contributed by atoms with Crippen LogP contribution in [-0.4, -0.2) is 37.2 Å². The monoisotopic (exact) mass is 1060 g/mol. The van der Waals surface area contributed by atoms with Crippen LogP contribution in [0.1, 0.15) is 310 Å². The minimum Gasteiger partial charge on any atom is -0.462 e. The zero-order valence-corrected chi connectivity index (χ0v) is 50.0. The number of carbonyl (C=O) groups excluding carboxylic acids is 3. The van der Waals surface area contributed by atoms with Crippen molar-refractivity contribution in [1.29, 1.82) is 0 Å². The van der Waals surface area contributed by atoms with Crippen molar-refractivity contribution >= 4 is 17.9 Å². The van der Waals surface area contributed by atoms with E-state index in [4.69, 9.17) is 14.2 Å². The van der Waals surface area contributed by atoms with Crippen LogP contribution in [0.4, 0.5) is 0 Å². The SMILES string of the molecule is CC/C=C\C/C=C\C/C=C\C/C=C\C/C=C\CCCCCCCCCCCCCCCC(=O)OCC(COC(=O)CCCCCCCCCCCC)OC(=O)CCCCCCCC/C=C\C/C=C\C/C=C\CCCCC. The van der Waals surface area contributed by atoms with Crippen molar-refractivity contribution < 1.29 is 28.6 Å². The maximum absolute atomic E-state index is 12.9. The van der Waals surface area contributed by atoms with E-state index in [0.717, 1.165) is 116 Å². The van der Waals surface area contributed by atoms with Gasteiger partial charge in [0.25, 0.3) is 0 Å². The maximum atomic E-state index is 12.9. The molecule has 0 aromatic heterocycles. The van der Waals surface area contributed by atoms with E-state index >= 15 is 0 Å². The van der Waals surface area contributed by atoms with Crippen LogP contribution in [0.15, 0.2) is 97.2 Å². The number of rotatable bonds is 58. The van der Waals surface area contributed by atoms with Gasteiger partial charge in [-0.05, 0) is 103 Å². The second-order valence-electron chi connectivity index (χ2n) is 21.3. The smallest absolute Gasteiger partial charge is 0.306 e. The standard InChI is InChI=1S/C70H120O6/c1-4-7-10-13-16-19-22-24-26-28-30-31-32-33-34-35-36-37-38-39-41-42-44-46-48-51-54-57-60-63-69(72)75-66-67(65-74-68(71)62-59-56-53-50-21-18-15-12-9-6-3)76-70(73)64-61-58-55-52-49-47-45-43-40-29-27-25-23-20-17-14-11-8-5-2/h7,10,16-17,19-20,24-27,30-31,33-34,40,43,67H,4-6,8-9,11-15,18,21-23,28-29,32,35-39,41-42,44-66H2,1-3H3/b10-7-,19-16-,20-17-,26-24-,27-25-,31-30-,34-33-,43-40-. The molecule has 0 aromatic carbocycles. The summed E-state index contributed by atoms with van der Waals surface area (Å²) in [7, 11) is 0. The normalized spacial score (nSPS) is 12.7. The Bertz CT molecular complexity index is 1490. The summed E-state index contributed by atoms with van der Waals surface area (Å²) in [5.74, 6) is -0.886. The molecule has 0 saturated heterocycles. The second-order valence-corrected chi connectivity index (χ2v) is 21.3. The van der Waals surface area contributed by atoms with Crippen molar-refractivity contribution in [3.05, 3.63) is 97.2 Å². The van der Waals surface area contributed by atoms with Crippen LogP contribution in [0, 0.1) is 0 Å². The third-order valence-electron chi connectivity index (χ3n) is 13.8. The summed E-state index contributed by atoms with van der Waals surface area (Å²) in [6, 6.07) is 0. The van der Waals surface area contributed by atoms with Gasteiger partial charge in [-0.25, -0.2) is 0 Å². The molecule has 0 saturated carbocycles. The lowest BCUT2D eigenvalue weighted by Gasteiger charge is -2.18.